The summed E-state index contributed by atoms with van der Waals surface area (Å²) >= 11 is 1.42. The molecule has 4 rings (SSSR count). The third-order valence-electron chi connectivity index (χ3n) is 7.13. The van der Waals surface area contributed by atoms with Crippen molar-refractivity contribution in [3.8, 4) is 23.1 Å². The highest BCUT2D eigenvalue weighted by atomic mass is 32.1. The minimum atomic E-state index is -4.73. The first-order valence-corrected chi connectivity index (χ1v) is 13.8. The van der Waals surface area contributed by atoms with E-state index in [0.29, 0.717) is 33.8 Å². The van der Waals surface area contributed by atoms with Gasteiger partial charge in [-0.05, 0) is 71.1 Å². The highest BCUT2D eigenvalue weighted by Gasteiger charge is 2.39. The molecule has 0 aliphatic heterocycles. The Balaban J connectivity index is 1.69. The van der Waals surface area contributed by atoms with E-state index in [4.69, 9.17) is 10.00 Å². The van der Waals surface area contributed by atoms with E-state index < -0.39 is 17.8 Å². The van der Waals surface area contributed by atoms with Gasteiger partial charge in [-0.3, -0.25) is 9.69 Å². The van der Waals surface area contributed by atoms with Crippen LogP contribution in [-0.2, 0) is 6.18 Å². The number of alkyl halides is 3. The van der Waals surface area contributed by atoms with Crippen LogP contribution in [0.4, 0.5) is 13.2 Å². The molecule has 8 nitrogen and oxygen atoms in total. The van der Waals surface area contributed by atoms with Crippen LogP contribution in [-0.4, -0.2) is 63.6 Å². The fourth-order valence-electron chi connectivity index (χ4n) is 4.65. The summed E-state index contributed by atoms with van der Waals surface area (Å²) < 4.78 is 48.8. The zero-order valence-electron chi connectivity index (χ0n) is 23.7. The molecule has 0 fully saturated rings. The van der Waals surface area contributed by atoms with Crippen LogP contribution in [0.5, 0.6) is 5.75 Å². The smallest absolute Gasteiger partial charge is 0.433 e. The van der Waals surface area contributed by atoms with Crippen LogP contribution in [0.1, 0.15) is 58.2 Å². The van der Waals surface area contributed by atoms with Gasteiger partial charge in [0.15, 0.2) is 11.3 Å². The van der Waals surface area contributed by atoms with Gasteiger partial charge in [-0.25, -0.2) is 9.50 Å². The van der Waals surface area contributed by atoms with E-state index in [0.717, 1.165) is 11.1 Å². The number of thiophene rings is 1. The van der Waals surface area contributed by atoms with Crippen molar-refractivity contribution in [1.29, 1.82) is 5.26 Å². The Labute approximate surface area is 240 Å². The average Bonchev–Trinajstić information content (AvgIpc) is 3.58. The van der Waals surface area contributed by atoms with Crippen LogP contribution in [0.15, 0.2) is 42.6 Å². The lowest BCUT2D eigenvalue weighted by Crippen LogP contribution is -2.42. The Morgan fingerprint density at radius 3 is 2.39 bits per heavy atom. The maximum atomic E-state index is 14.3. The van der Waals surface area contributed by atoms with Crippen molar-refractivity contribution < 1.29 is 22.7 Å². The average molecular weight is 585 g/mol. The summed E-state index contributed by atoms with van der Waals surface area (Å²) in [5.74, 6) is 0.101. The SMILES string of the molecule is COc1ccc(-c2nc3c(C(=O)N(CCN(C)[C@@H](C)c4ccc(C#N)s4)C(C)C)cnn3c(C(F)(F)F)c2C)cc1. The van der Waals surface area contributed by atoms with Crippen LogP contribution in [0.2, 0.25) is 0 Å². The molecule has 0 saturated carbocycles. The van der Waals surface area contributed by atoms with E-state index in [1.807, 2.05) is 33.9 Å². The van der Waals surface area contributed by atoms with Gasteiger partial charge in [0.2, 0.25) is 0 Å². The Hall–Kier alpha value is -3.95. The third-order valence-corrected chi connectivity index (χ3v) is 8.29. The van der Waals surface area contributed by atoms with Crippen molar-refractivity contribution in [3.05, 3.63) is 69.2 Å². The monoisotopic (exact) mass is 584 g/mol. The van der Waals surface area contributed by atoms with Crippen LogP contribution < -0.4 is 4.74 Å². The Kier molecular flexibility index (Phi) is 8.70. The molecule has 12 heteroatoms. The van der Waals surface area contributed by atoms with Crippen molar-refractivity contribution >= 4 is 22.9 Å². The summed E-state index contributed by atoms with van der Waals surface area (Å²) in [7, 11) is 3.43. The van der Waals surface area contributed by atoms with Gasteiger partial charge in [-0.1, -0.05) is 0 Å². The molecule has 0 radical (unpaired) electrons. The van der Waals surface area contributed by atoms with E-state index in [-0.39, 0.29) is 34.6 Å². The lowest BCUT2D eigenvalue weighted by atomic mass is 10.0. The number of hydrogen-bond donors (Lipinski definition) is 0. The zero-order chi connectivity index (χ0) is 30.1. The summed E-state index contributed by atoms with van der Waals surface area (Å²) in [4.78, 5) is 23.7. The van der Waals surface area contributed by atoms with E-state index >= 15 is 0 Å². The Morgan fingerprint density at radius 2 is 1.83 bits per heavy atom. The van der Waals surface area contributed by atoms with Crippen LogP contribution in [0.3, 0.4) is 0 Å². The fourth-order valence-corrected chi connectivity index (χ4v) is 5.57. The number of ether oxygens (including phenoxy) is 1. The normalized spacial score (nSPS) is 12.6. The first-order valence-electron chi connectivity index (χ1n) is 13.0. The van der Waals surface area contributed by atoms with E-state index in [1.165, 1.54) is 25.4 Å². The molecule has 3 heterocycles. The summed E-state index contributed by atoms with van der Waals surface area (Å²) in [6.45, 7) is 7.91. The van der Waals surface area contributed by atoms with Gasteiger partial charge in [-0.15, -0.1) is 11.3 Å². The number of hydrogen-bond acceptors (Lipinski definition) is 7. The van der Waals surface area contributed by atoms with Crippen molar-refractivity contribution in [2.45, 2.75) is 46.0 Å². The quantitative estimate of drug-likeness (QED) is 0.233. The first-order chi connectivity index (χ1) is 19.4. The molecule has 1 amide bonds. The topological polar surface area (TPSA) is 86.8 Å². The molecule has 0 unspecified atom stereocenters. The highest BCUT2D eigenvalue weighted by Crippen LogP contribution is 2.37. The van der Waals surface area contributed by atoms with Crippen molar-refractivity contribution in [3.63, 3.8) is 0 Å². The van der Waals surface area contributed by atoms with Gasteiger partial charge in [0.05, 0.1) is 19.0 Å². The minimum absolute atomic E-state index is 0.00779. The molecule has 0 aliphatic carbocycles. The summed E-state index contributed by atoms with van der Waals surface area (Å²) in [5, 5.41) is 13.1. The van der Waals surface area contributed by atoms with Gasteiger partial charge in [0, 0.05) is 41.2 Å². The van der Waals surface area contributed by atoms with Crippen LogP contribution in [0.25, 0.3) is 16.9 Å². The number of nitrogens with zero attached hydrogens (tertiary/aromatic N) is 6. The van der Waals surface area contributed by atoms with Gasteiger partial charge < -0.3 is 9.64 Å². The summed E-state index contributed by atoms with van der Waals surface area (Å²) in [5.41, 5.74) is -0.675. The molecule has 41 heavy (non-hydrogen) atoms. The van der Waals surface area contributed by atoms with Crippen LogP contribution in [0, 0.1) is 18.3 Å². The summed E-state index contributed by atoms with van der Waals surface area (Å²) in [6, 6.07) is 12.2. The molecule has 3 aromatic heterocycles. The Morgan fingerprint density at radius 1 is 1.15 bits per heavy atom. The third kappa shape index (κ3) is 6.06. The molecule has 0 N–H and O–H groups in total. The number of aromatic nitrogens is 3. The fraction of sp³-hybridized carbons (Fsp3) is 0.379. The molecule has 216 valence electrons. The second-order valence-electron chi connectivity index (χ2n) is 10.0. The lowest BCUT2D eigenvalue weighted by molar-refractivity contribution is -0.143. The predicted octanol–water partition coefficient (Wildman–Crippen LogP) is 6.21. The molecule has 0 saturated heterocycles. The first kappa shape index (κ1) is 30.0. The molecule has 1 aromatic carbocycles. The minimum Gasteiger partial charge on any atom is -0.497 e. The van der Waals surface area contributed by atoms with Gasteiger partial charge in [0.25, 0.3) is 5.91 Å². The predicted molar refractivity (Wildman–Crippen MR) is 151 cm³/mol. The zero-order valence-corrected chi connectivity index (χ0v) is 24.5. The number of halogens is 3. The highest BCUT2D eigenvalue weighted by molar-refractivity contribution is 7.12. The number of fused-ring (bicyclic) bond motifs is 1. The molecular weight excluding hydrogens is 553 g/mol. The number of carbonyl (C=O) groups is 1. The van der Waals surface area contributed by atoms with E-state index in [2.05, 4.69) is 21.1 Å². The molecule has 1 atom stereocenters. The van der Waals surface area contributed by atoms with Crippen molar-refractivity contribution in [2.75, 3.05) is 27.2 Å². The number of carbonyl (C=O) groups excluding carboxylic acids is 1. The molecule has 0 spiro atoms. The maximum Gasteiger partial charge on any atom is 0.433 e. The number of nitriles is 1. The number of amides is 1. The van der Waals surface area contributed by atoms with Crippen molar-refractivity contribution in [1.82, 2.24) is 24.4 Å². The number of rotatable bonds is 9. The van der Waals surface area contributed by atoms with E-state index in [9.17, 15) is 18.0 Å². The second-order valence-corrected chi connectivity index (χ2v) is 11.1. The maximum absolute atomic E-state index is 14.3. The molecule has 0 bridgehead atoms. The Bertz CT molecular complexity index is 1590. The standard InChI is InChI=1S/C29H31F3N6O2S/c1-17(2)37(14-13-36(5)19(4)24-12-11-22(15-33)41-24)28(39)23-16-34-38-26(29(30,31)32)18(3)25(35-27(23)38)20-7-9-21(40-6)10-8-20/h7-12,16-17,19H,13-14H2,1-6H3/t19-/m0/s1. The largest absolute Gasteiger partial charge is 0.497 e. The van der Waals surface area contributed by atoms with Crippen molar-refractivity contribution in [2.24, 2.45) is 0 Å². The lowest BCUT2D eigenvalue weighted by Gasteiger charge is -2.31. The van der Waals surface area contributed by atoms with E-state index in [1.54, 1.807) is 35.2 Å². The molecule has 4 aromatic rings. The molecule has 0 aliphatic rings. The summed E-state index contributed by atoms with van der Waals surface area (Å²) in [6.07, 6.45) is -3.57. The second kappa shape index (κ2) is 11.9. The number of benzene rings is 1. The number of methoxy groups -OCH3 is 1. The van der Waals surface area contributed by atoms with Gasteiger partial charge >= 0.3 is 6.18 Å². The number of likely N-dealkylation sites (N-methyl/N-ethyl adjacent to an activating group) is 1. The van der Waals surface area contributed by atoms with Gasteiger partial charge in [-0.2, -0.15) is 23.5 Å². The van der Waals surface area contributed by atoms with Crippen LogP contribution >= 0.6 is 11.3 Å². The van der Waals surface area contributed by atoms with Gasteiger partial charge in [0.1, 0.15) is 22.3 Å². The molecular formula is C29H31F3N6O2S.